The lowest BCUT2D eigenvalue weighted by Gasteiger charge is -2.15. The van der Waals surface area contributed by atoms with Gasteiger partial charge in [0.15, 0.2) is 5.11 Å². The Morgan fingerprint density at radius 3 is 2.66 bits per heavy atom. The Morgan fingerprint density at radius 1 is 1.22 bits per heavy atom. The summed E-state index contributed by atoms with van der Waals surface area (Å²) in [6.45, 7) is 1.57. The van der Waals surface area contributed by atoms with Gasteiger partial charge in [0.05, 0.1) is 28.9 Å². The van der Waals surface area contributed by atoms with Gasteiger partial charge in [0.1, 0.15) is 17.2 Å². The zero-order chi connectivity index (χ0) is 23.3. The number of thiocarbonyl (C=S) groups is 1. The molecule has 8 nitrogen and oxygen atoms in total. The third kappa shape index (κ3) is 5.76. The summed E-state index contributed by atoms with van der Waals surface area (Å²) < 4.78 is 11.3. The number of likely N-dealkylation sites (N-methyl/N-ethyl adjacent to an activating group) is 1. The van der Waals surface area contributed by atoms with Crippen molar-refractivity contribution in [2.45, 2.75) is 0 Å². The number of nitrogens with one attached hydrogen (secondary N) is 2. The van der Waals surface area contributed by atoms with E-state index in [0.717, 1.165) is 6.54 Å². The number of nitrogens with zero attached hydrogens (tertiary/aromatic N) is 2. The minimum absolute atomic E-state index is 0.241. The quantitative estimate of drug-likeness (QED) is 0.426. The molecule has 0 bridgehead atoms. The van der Waals surface area contributed by atoms with E-state index >= 15 is 0 Å². The van der Waals surface area contributed by atoms with Crippen LogP contribution in [-0.2, 0) is 0 Å². The van der Waals surface area contributed by atoms with Gasteiger partial charge in [-0.2, -0.15) is 0 Å². The summed E-state index contributed by atoms with van der Waals surface area (Å²) in [4.78, 5) is 18.2. The van der Waals surface area contributed by atoms with Crippen molar-refractivity contribution in [2.75, 3.05) is 39.6 Å². The predicted molar refractivity (Wildman–Crippen MR) is 131 cm³/mol. The Labute approximate surface area is 196 Å². The number of aromatic nitrogens is 1. The number of anilines is 1. The van der Waals surface area contributed by atoms with Crippen LogP contribution in [0, 0.1) is 0 Å². The van der Waals surface area contributed by atoms with Gasteiger partial charge in [0, 0.05) is 36.8 Å². The molecule has 0 aliphatic heterocycles. The van der Waals surface area contributed by atoms with E-state index in [1.807, 2.05) is 14.1 Å². The lowest BCUT2D eigenvalue weighted by molar-refractivity contribution is 0.0997. The zero-order valence-corrected chi connectivity index (χ0v) is 19.5. The Hall–Kier alpha value is -3.14. The van der Waals surface area contributed by atoms with E-state index in [-0.39, 0.29) is 5.56 Å². The Bertz CT molecular complexity index is 1160. The number of hydrogen-bond donors (Lipinski definition) is 3. The molecule has 10 heteroatoms. The van der Waals surface area contributed by atoms with E-state index in [1.54, 1.807) is 42.6 Å². The van der Waals surface area contributed by atoms with Gasteiger partial charge < -0.3 is 30.7 Å². The first-order chi connectivity index (χ1) is 15.3. The number of amides is 1. The molecule has 0 fully saturated rings. The van der Waals surface area contributed by atoms with Crippen LogP contribution in [-0.4, -0.2) is 55.2 Å². The third-order valence-electron chi connectivity index (χ3n) is 4.55. The Morgan fingerprint density at radius 2 is 2.00 bits per heavy atom. The maximum absolute atomic E-state index is 11.8. The summed E-state index contributed by atoms with van der Waals surface area (Å²) in [6, 6.07) is 10.2. The maximum Gasteiger partial charge on any atom is 0.252 e. The number of pyridine rings is 1. The van der Waals surface area contributed by atoms with Crippen molar-refractivity contribution < 1.29 is 14.3 Å². The maximum atomic E-state index is 11.8. The van der Waals surface area contributed by atoms with Crippen LogP contribution in [0.15, 0.2) is 42.6 Å². The fraction of sp³-hybridized carbons (Fsp3) is 0.227. The molecular formula is C22H24ClN5O3S. The number of halogens is 1. The number of carbonyl (C=O) groups is 1. The van der Waals surface area contributed by atoms with E-state index in [0.29, 0.717) is 50.5 Å². The average Bonchev–Trinajstić information content (AvgIpc) is 2.74. The predicted octanol–water partition coefficient (Wildman–Crippen LogP) is 3.64. The second kappa shape index (κ2) is 10.4. The number of benzene rings is 2. The Balaban J connectivity index is 1.80. The fourth-order valence-corrected chi connectivity index (χ4v) is 3.38. The van der Waals surface area contributed by atoms with Gasteiger partial charge in [0.25, 0.3) is 5.91 Å². The first kappa shape index (κ1) is 23.5. The van der Waals surface area contributed by atoms with Crippen LogP contribution in [0.2, 0.25) is 5.02 Å². The molecule has 3 aromatic rings. The third-order valence-corrected chi connectivity index (χ3v) is 5.11. The van der Waals surface area contributed by atoms with Gasteiger partial charge in [-0.05, 0) is 50.6 Å². The first-order valence-corrected chi connectivity index (χ1v) is 10.5. The molecule has 0 unspecified atom stereocenters. The highest BCUT2D eigenvalue weighted by Crippen LogP contribution is 2.35. The minimum atomic E-state index is -0.604. The van der Waals surface area contributed by atoms with Crippen molar-refractivity contribution in [2.24, 2.45) is 5.73 Å². The standard InChI is InChI=1S/C22H24ClN5O3S/c1-28(2)9-8-26-22(32)27-17-5-4-13(10-16(17)23)31-19-6-7-25-18-12-20(30-3)15(21(24)29)11-14(18)19/h4-7,10-12H,8-9H2,1-3H3,(H2,24,29)(H2,26,27,32). The number of ether oxygens (including phenoxy) is 2. The number of nitrogens with two attached hydrogens (primary N) is 1. The van der Waals surface area contributed by atoms with Crippen LogP contribution < -0.4 is 25.8 Å². The van der Waals surface area contributed by atoms with Crippen LogP contribution in [0.3, 0.4) is 0 Å². The summed E-state index contributed by atoms with van der Waals surface area (Å²) in [5, 5.41) is 7.74. The van der Waals surface area contributed by atoms with Crippen molar-refractivity contribution >= 4 is 51.4 Å². The molecular weight excluding hydrogens is 450 g/mol. The summed E-state index contributed by atoms with van der Waals surface area (Å²) in [5.74, 6) is 0.754. The van der Waals surface area contributed by atoms with E-state index in [9.17, 15) is 4.79 Å². The largest absolute Gasteiger partial charge is 0.496 e. The summed E-state index contributed by atoms with van der Waals surface area (Å²) >= 11 is 11.7. The number of hydrogen-bond acceptors (Lipinski definition) is 6. The molecule has 168 valence electrons. The highest BCUT2D eigenvalue weighted by Gasteiger charge is 2.15. The molecule has 0 atom stereocenters. The van der Waals surface area contributed by atoms with Crippen molar-refractivity contribution in [3.05, 3.63) is 53.2 Å². The first-order valence-electron chi connectivity index (χ1n) is 9.72. The van der Waals surface area contributed by atoms with E-state index < -0.39 is 5.91 Å². The van der Waals surface area contributed by atoms with Crippen LogP contribution in [0.1, 0.15) is 10.4 Å². The molecule has 32 heavy (non-hydrogen) atoms. The van der Waals surface area contributed by atoms with Crippen LogP contribution >= 0.6 is 23.8 Å². The summed E-state index contributed by atoms with van der Waals surface area (Å²) in [7, 11) is 5.45. The van der Waals surface area contributed by atoms with Crippen molar-refractivity contribution in [3.8, 4) is 17.2 Å². The molecule has 0 aliphatic carbocycles. The second-order valence-electron chi connectivity index (χ2n) is 7.17. The van der Waals surface area contributed by atoms with Crippen molar-refractivity contribution in [3.63, 3.8) is 0 Å². The molecule has 0 saturated carbocycles. The molecule has 1 amide bonds. The van der Waals surface area contributed by atoms with Crippen LogP contribution in [0.5, 0.6) is 17.2 Å². The number of methoxy groups -OCH3 is 1. The van der Waals surface area contributed by atoms with Crippen molar-refractivity contribution in [1.29, 1.82) is 0 Å². The van der Waals surface area contributed by atoms with Gasteiger partial charge >= 0.3 is 0 Å². The highest BCUT2D eigenvalue weighted by molar-refractivity contribution is 7.80. The lowest BCUT2D eigenvalue weighted by atomic mass is 10.1. The summed E-state index contributed by atoms with van der Waals surface area (Å²) in [5.41, 5.74) is 6.98. The molecule has 0 saturated heterocycles. The minimum Gasteiger partial charge on any atom is -0.496 e. The molecule has 1 heterocycles. The van der Waals surface area contributed by atoms with E-state index in [1.165, 1.54) is 7.11 Å². The lowest BCUT2D eigenvalue weighted by Crippen LogP contribution is -2.34. The number of primary amides is 1. The smallest absolute Gasteiger partial charge is 0.252 e. The fourth-order valence-electron chi connectivity index (χ4n) is 2.95. The second-order valence-corrected chi connectivity index (χ2v) is 7.99. The molecule has 0 spiro atoms. The molecule has 4 N–H and O–H groups in total. The number of fused-ring (bicyclic) bond motifs is 1. The van der Waals surface area contributed by atoms with Crippen molar-refractivity contribution in [1.82, 2.24) is 15.2 Å². The topological polar surface area (TPSA) is 102 Å². The van der Waals surface area contributed by atoms with Crippen LogP contribution in [0.4, 0.5) is 5.69 Å². The zero-order valence-electron chi connectivity index (χ0n) is 17.9. The van der Waals surface area contributed by atoms with E-state index in [2.05, 4.69) is 20.5 Å². The monoisotopic (exact) mass is 473 g/mol. The number of rotatable bonds is 8. The van der Waals surface area contributed by atoms with Crippen LogP contribution in [0.25, 0.3) is 10.9 Å². The van der Waals surface area contributed by atoms with Gasteiger partial charge in [-0.1, -0.05) is 11.6 Å². The molecule has 0 radical (unpaired) electrons. The van der Waals surface area contributed by atoms with Gasteiger partial charge in [-0.3, -0.25) is 9.78 Å². The van der Waals surface area contributed by atoms with Gasteiger partial charge in [-0.25, -0.2) is 0 Å². The van der Waals surface area contributed by atoms with Gasteiger partial charge in [0.2, 0.25) is 0 Å². The van der Waals surface area contributed by atoms with E-state index in [4.69, 9.17) is 39.0 Å². The molecule has 2 aromatic carbocycles. The highest BCUT2D eigenvalue weighted by atomic mass is 35.5. The van der Waals surface area contributed by atoms with Gasteiger partial charge in [-0.15, -0.1) is 0 Å². The molecule has 3 rings (SSSR count). The molecule has 0 aliphatic rings. The average molecular weight is 474 g/mol. The molecule has 1 aromatic heterocycles. The SMILES string of the molecule is COc1cc2nccc(Oc3ccc(NC(=S)NCCN(C)C)c(Cl)c3)c2cc1C(N)=O. The summed E-state index contributed by atoms with van der Waals surface area (Å²) in [6.07, 6.45) is 1.61. The normalized spacial score (nSPS) is 10.8. The Kier molecular flexibility index (Phi) is 7.68. The number of carbonyl (C=O) groups excluding carboxylic acids is 1.